The third-order valence-corrected chi connectivity index (χ3v) is 5.06. The molecule has 1 amide bonds. The van der Waals surface area contributed by atoms with Gasteiger partial charge in [-0.3, -0.25) is 9.59 Å². The van der Waals surface area contributed by atoms with Crippen LogP contribution in [0.3, 0.4) is 0 Å². The third-order valence-electron chi connectivity index (χ3n) is 5.06. The van der Waals surface area contributed by atoms with Gasteiger partial charge in [-0.25, -0.2) is 0 Å². The first kappa shape index (κ1) is 18.9. The van der Waals surface area contributed by atoms with Crippen LogP contribution in [0, 0.1) is 13.8 Å². The highest BCUT2D eigenvalue weighted by atomic mass is 16.3. The summed E-state index contributed by atoms with van der Waals surface area (Å²) in [6, 6.07) is 14.6. The van der Waals surface area contributed by atoms with Gasteiger partial charge in [0.25, 0.3) is 11.7 Å². The first-order chi connectivity index (χ1) is 13.0. The van der Waals surface area contributed by atoms with E-state index in [-0.39, 0.29) is 11.3 Å². The minimum atomic E-state index is -0.613. The first-order valence-corrected chi connectivity index (χ1v) is 9.36. The topological polar surface area (TPSA) is 57.6 Å². The number of rotatable bonds is 5. The fourth-order valence-electron chi connectivity index (χ4n) is 3.56. The number of aryl methyl sites for hydroxylation is 2. The molecule has 1 heterocycles. The number of likely N-dealkylation sites (tertiary alicyclic amines) is 1. The van der Waals surface area contributed by atoms with Gasteiger partial charge in [-0.2, -0.15) is 0 Å². The average molecular weight is 363 g/mol. The molecule has 0 spiro atoms. The Hall–Kier alpha value is -2.88. The average Bonchev–Trinajstić information content (AvgIpc) is 2.93. The van der Waals surface area contributed by atoms with Crippen molar-refractivity contribution < 1.29 is 14.7 Å². The van der Waals surface area contributed by atoms with Crippen LogP contribution >= 0.6 is 0 Å². The highest BCUT2D eigenvalue weighted by Crippen LogP contribution is 2.39. The molecule has 27 heavy (non-hydrogen) atoms. The Kier molecular flexibility index (Phi) is 5.45. The quantitative estimate of drug-likeness (QED) is 0.482. The molecule has 2 aromatic rings. The van der Waals surface area contributed by atoms with E-state index in [1.54, 1.807) is 4.90 Å². The summed E-state index contributed by atoms with van der Waals surface area (Å²) in [7, 11) is 0. The predicted octanol–water partition coefficient (Wildman–Crippen LogP) is 4.53. The molecule has 0 aliphatic carbocycles. The van der Waals surface area contributed by atoms with Crippen molar-refractivity contribution in [3.8, 4) is 0 Å². The molecule has 1 unspecified atom stereocenters. The minimum absolute atomic E-state index is 0.0950. The van der Waals surface area contributed by atoms with E-state index < -0.39 is 17.7 Å². The standard InChI is InChI=1S/C23H25NO3/c1-4-5-13-24-20(17-9-7-6-8-10-17)19(22(26)23(24)27)21(25)18-14-15(2)11-12-16(18)3/h6-12,14,20,25H,4-5,13H2,1-3H3/b21-19+. The summed E-state index contributed by atoms with van der Waals surface area (Å²) in [5.41, 5.74) is 3.46. The van der Waals surface area contributed by atoms with Crippen LogP contribution in [0.25, 0.3) is 5.76 Å². The lowest BCUT2D eigenvalue weighted by atomic mass is 9.93. The van der Waals surface area contributed by atoms with Crippen LogP contribution in [-0.2, 0) is 9.59 Å². The molecule has 4 nitrogen and oxygen atoms in total. The van der Waals surface area contributed by atoms with E-state index in [2.05, 4.69) is 0 Å². The number of amides is 1. The molecule has 4 heteroatoms. The lowest BCUT2D eigenvalue weighted by Crippen LogP contribution is -2.30. The molecule has 1 aliphatic rings. The fourth-order valence-corrected chi connectivity index (χ4v) is 3.56. The Balaban J connectivity index is 2.20. The number of aliphatic hydroxyl groups excluding tert-OH is 1. The molecule has 1 saturated heterocycles. The molecule has 1 aliphatic heterocycles. The number of nitrogens with zero attached hydrogens (tertiary/aromatic N) is 1. The predicted molar refractivity (Wildman–Crippen MR) is 106 cm³/mol. The van der Waals surface area contributed by atoms with Gasteiger partial charge >= 0.3 is 0 Å². The Morgan fingerprint density at radius 2 is 1.78 bits per heavy atom. The first-order valence-electron chi connectivity index (χ1n) is 9.36. The monoisotopic (exact) mass is 363 g/mol. The van der Waals surface area contributed by atoms with Gasteiger partial charge in [0.05, 0.1) is 11.6 Å². The van der Waals surface area contributed by atoms with Crippen molar-refractivity contribution in [1.29, 1.82) is 0 Å². The molecule has 1 fully saturated rings. The maximum Gasteiger partial charge on any atom is 0.295 e. The Labute approximate surface area is 160 Å². The number of Topliss-reactive ketones (excluding diaryl/α,β-unsaturated/α-hetero) is 1. The minimum Gasteiger partial charge on any atom is -0.507 e. The van der Waals surface area contributed by atoms with E-state index in [9.17, 15) is 14.7 Å². The summed E-state index contributed by atoms with van der Waals surface area (Å²) < 4.78 is 0. The van der Waals surface area contributed by atoms with E-state index in [0.29, 0.717) is 12.1 Å². The van der Waals surface area contributed by atoms with Gasteiger partial charge in [-0.1, -0.05) is 61.4 Å². The Morgan fingerprint density at radius 3 is 2.44 bits per heavy atom. The largest absolute Gasteiger partial charge is 0.507 e. The summed E-state index contributed by atoms with van der Waals surface area (Å²) in [6.07, 6.45) is 1.72. The second kappa shape index (κ2) is 7.78. The van der Waals surface area contributed by atoms with Crippen molar-refractivity contribution in [2.24, 2.45) is 0 Å². The third kappa shape index (κ3) is 3.52. The van der Waals surface area contributed by atoms with E-state index in [1.165, 1.54) is 0 Å². The molecule has 0 aromatic heterocycles. The van der Waals surface area contributed by atoms with E-state index in [1.807, 2.05) is 69.3 Å². The Morgan fingerprint density at radius 1 is 1.07 bits per heavy atom. The molecular formula is C23H25NO3. The number of hydrogen-bond donors (Lipinski definition) is 1. The van der Waals surface area contributed by atoms with Gasteiger partial charge in [-0.05, 0) is 37.5 Å². The molecule has 0 saturated carbocycles. The van der Waals surface area contributed by atoms with Crippen molar-refractivity contribution in [2.75, 3.05) is 6.54 Å². The van der Waals surface area contributed by atoms with Crippen molar-refractivity contribution in [1.82, 2.24) is 4.90 Å². The number of aliphatic hydroxyl groups is 1. The molecule has 0 bridgehead atoms. The summed E-state index contributed by atoms with van der Waals surface area (Å²) in [6.45, 7) is 6.36. The summed E-state index contributed by atoms with van der Waals surface area (Å²) in [4.78, 5) is 27.2. The van der Waals surface area contributed by atoms with Crippen LogP contribution < -0.4 is 0 Å². The molecule has 0 radical (unpaired) electrons. The SMILES string of the molecule is CCCCN1C(=O)C(=O)/C(=C(/O)c2cc(C)ccc2C)C1c1ccccc1. The number of carbonyl (C=O) groups is 2. The van der Waals surface area contributed by atoms with Gasteiger partial charge < -0.3 is 10.0 Å². The zero-order valence-electron chi connectivity index (χ0n) is 16.0. The smallest absolute Gasteiger partial charge is 0.295 e. The lowest BCUT2D eigenvalue weighted by Gasteiger charge is -2.25. The van der Waals surface area contributed by atoms with Gasteiger partial charge in [0.15, 0.2) is 0 Å². The highest BCUT2D eigenvalue weighted by Gasteiger charge is 2.45. The maximum atomic E-state index is 12.9. The lowest BCUT2D eigenvalue weighted by molar-refractivity contribution is -0.139. The van der Waals surface area contributed by atoms with Gasteiger partial charge in [-0.15, -0.1) is 0 Å². The van der Waals surface area contributed by atoms with Crippen LogP contribution in [0.5, 0.6) is 0 Å². The van der Waals surface area contributed by atoms with Crippen LogP contribution in [0.4, 0.5) is 0 Å². The van der Waals surface area contributed by atoms with Crippen LogP contribution in [0.2, 0.25) is 0 Å². The molecule has 2 aromatic carbocycles. The molecule has 140 valence electrons. The van der Waals surface area contributed by atoms with Gasteiger partial charge in [0.2, 0.25) is 0 Å². The highest BCUT2D eigenvalue weighted by molar-refractivity contribution is 6.46. The zero-order chi connectivity index (χ0) is 19.6. The molecule has 1 atom stereocenters. The van der Waals surface area contributed by atoms with Crippen molar-refractivity contribution in [3.63, 3.8) is 0 Å². The fraction of sp³-hybridized carbons (Fsp3) is 0.304. The molecular weight excluding hydrogens is 338 g/mol. The van der Waals surface area contributed by atoms with Gasteiger partial charge in [0.1, 0.15) is 5.76 Å². The van der Waals surface area contributed by atoms with Crippen LogP contribution in [0.15, 0.2) is 54.1 Å². The van der Waals surface area contributed by atoms with E-state index in [0.717, 1.165) is 29.5 Å². The van der Waals surface area contributed by atoms with Crippen molar-refractivity contribution in [2.45, 2.75) is 39.7 Å². The van der Waals surface area contributed by atoms with E-state index in [4.69, 9.17) is 0 Å². The Bertz CT molecular complexity index is 899. The number of hydrogen-bond acceptors (Lipinski definition) is 3. The number of unbranched alkanes of at least 4 members (excludes halogenated alkanes) is 1. The number of carbonyl (C=O) groups excluding carboxylic acids is 2. The zero-order valence-corrected chi connectivity index (χ0v) is 16.0. The normalized spacial score (nSPS) is 18.9. The van der Waals surface area contributed by atoms with Crippen molar-refractivity contribution in [3.05, 3.63) is 76.4 Å². The van der Waals surface area contributed by atoms with Crippen LogP contribution in [0.1, 0.15) is 48.1 Å². The van der Waals surface area contributed by atoms with Crippen molar-refractivity contribution >= 4 is 17.4 Å². The van der Waals surface area contributed by atoms with Crippen LogP contribution in [-0.4, -0.2) is 28.2 Å². The second-order valence-electron chi connectivity index (χ2n) is 7.08. The molecule has 3 rings (SSSR count). The maximum absolute atomic E-state index is 12.9. The molecule has 1 N–H and O–H groups in total. The summed E-state index contributed by atoms with van der Waals surface area (Å²) in [5, 5.41) is 11.1. The summed E-state index contributed by atoms with van der Waals surface area (Å²) >= 11 is 0. The number of ketones is 1. The van der Waals surface area contributed by atoms with Gasteiger partial charge in [0, 0.05) is 12.1 Å². The van der Waals surface area contributed by atoms with E-state index >= 15 is 0 Å². The number of benzene rings is 2. The second-order valence-corrected chi connectivity index (χ2v) is 7.08. The summed E-state index contributed by atoms with van der Waals surface area (Å²) in [5.74, 6) is -1.25.